The fourth-order valence-electron chi connectivity index (χ4n) is 5.34. The molecule has 0 radical (unpaired) electrons. The smallest absolute Gasteiger partial charge is 0.416 e. The molecule has 3 N–H and O–H groups in total. The number of carbonyl (C=O) groups is 3. The number of hydrogen-bond donors (Lipinski definition) is 3. The van der Waals surface area contributed by atoms with E-state index >= 15 is 0 Å². The number of carboxylic acids is 1. The fourth-order valence-corrected chi connectivity index (χ4v) is 5.52. The molecule has 2 aliphatic rings. The summed E-state index contributed by atoms with van der Waals surface area (Å²) < 4.78 is 39.9. The van der Waals surface area contributed by atoms with E-state index < -0.39 is 63.6 Å². The minimum Gasteiger partial charge on any atom is -0.478 e. The van der Waals surface area contributed by atoms with Crippen molar-refractivity contribution < 1.29 is 37.8 Å². The number of halogens is 4. The lowest BCUT2D eigenvalue weighted by Gasteiger charge is -2.61. The van der Waals surface area contributed by atoms with Gasteiger partial charge in [0.25, 0.3) is 5.91 Å². The molecule has 2 amide bonds. The first-order valence-corrected chi connectivity index (χ1v) is 12.0. The zero-order chi connectivity index (χ0) is 27.5. The molecular formula is C26H26ClF3N2O5. The van der Waals surface area contributed by atoms with Crippen molar-refractivity contribution in [2.75, 3.05) is 13.1 Å². The molecule has 11 heteroatoms. The molecule has 1 saturated heterocycles. The van der Waals surface area contributed by atoms with Crippen LogP contribution in [0.5, 0.6) is 0 Å². The number of fused-ring (bicyclic) bond motifs is 4. The maximum atomic E-state index is 13.5. The standard InChI is InChI=1S/C26H26ClF3N2O5/c1-13(2)20(31-21(33)14-8-15(23(35)36)10-16(9-14)26(28,29)30)22(34)32-7-6-25(37)18-5-4-17(27)11-19(18)24(25,3)12-32/h4-5,8-11,13,20,37H,6-7,12H2,1-3H3,(H,31,33)(H,35,36)/t20-,24?,25+/m1/s1. The first kappa shape index (κ1) is 26.9. The molecule has 4 rings (SSSR count). The van der Waals surface area contributed by atoms with Crippen LogP contribution in [0.2, 0.25) is 5.02 Å². The molecule has 2 aromatic rings. The second kappa shape index (κ2) is 9.02. The van der Waals surface area contributed by atoms with Crippen molar-refractivity contribution >= 4 is 29.4 Å². The zero-order valence-corrected chi connectivity index (χ0v) is 21.1. The van der Waals surface area contributed by atoms with Crippen LogP contribution in [0.15, 0.2) is 36.4 Å². The van der Waals surface area contributed by atoms with Gasteiger partial charge in [0.05, 0.1) is 11.1 Å². The van der Waals surface area contributed by atoms with Crippen LogP contribution in [0.1, 0.15) is 64.6 Å². The Hall–Kier alpha value is -3.11. The van der Waals surface area contributed by atoms with Gasteiger partial charge in [0, 0.05) is 29.1 Å². The van der Waals surface area contributed by atoms with Crippen molar-refractivity contribution in [3.8, 4) is 0 Å². The van der Waals surface area contributed by atoms with E-state index in [4.69, 9.17) is 11.6 Å². The molecule has 2 aromatic carbocycles. The number of carboxylic acid groups (broad SMARTS) is 1. The highest BCUT2D eigenvalue weighted by Gasteiger charge is 2.62. The Balaban J connectivity index is 1.58. The molecule has 3 atom stereocenters. The van der Waals surface area contributed by atoms with Crippen molar-refractivity contribution in [1.82, 2.24) is 10.2 Å². The van der Waals surface area contributed by atoms with E-state index in [1.165, 1.54) is 4.90 Å². The number of likely N-dealkylation sites (tertiary alicyclic amines) is 1. The third-order valence-corrected chi connectivity index (χ3v) is 7.72. The number of alkyl halides is 3. The van der Waals surface area contributed by atoms with Crippen molar-refractivity contribution in [3.05, 3.63) is 69.2 Å². The Morgan fingerprint density at radius 2 is 1.73 bits per heavy atom. The molecule has 1 fully saturated rings. The number of piperidine rings is 1. The van der Waals surface area contributed by atoms with Gasteiger partial charge in [0.15, 0.2) is 0 Å². The van der Waals surface area contributed by atoms with Crippen LogP contribution in [0, 0.1) is 5.92 Å². The summed E-state index contributed by atoms with van der Waals surface area (Å²) in [5.74, 6) is -3.50. The van der Waals surface area contributed by atoms with Crippen molar-refractivity contribution in [2.45, 2.75) is 50.4 Å². The van der Waals surface area contributed by atoms with Gasteiger partial charge in [-0.15, -0.1) is 0 Å². The number of amides is 2. The minimum atomic E-state index is -4.87. The normalized spacial score (nSPS) is 23.5. The predicted octanol–water partition coefficient (Wildman–Crippen LogP) is 4.20. The van der Waals surface area contributed by atoms with Crippen LogP contribution in [0.3, 0.4) is 0 Å². The number of aliphatic hydroxyl groups is 1. The fraction of sp³-hybridized carbons (Fsp3) is 0.423. The number of rotatable bonds is 5. The Morgan fingerprint density at radius 3 is 2.32 bits per heavy atom. The Morgan fingerprint density at radius 1 is 1.08 bits per heavy atom. The molecule has 1 heterocycles. The highest BCUT2D eigenvalue weighted by molar-refractivity contribution is 6.30. The molecule has 0 bridgehead atoms. The second-order valence-corrected chi connectivity index (χ2v) is 10.6. The van der Waals surface area contributed by atoms with E-state index in [0.717, 1.165) is 17.2 Å². The average Bonchev–Trinajstić information content (AvgIpc) is 2.82. The summed E-state index contributed by atoms with van der Waals surface area (Å²) in [6.45, 7) is 5.56. The highest BCUT2D eigenvalue weighted by atomic mass is 35.5. The van der Waals surface area contributed by atoms with Gasteiger partial charge in [0.1, 0.15) is 11.6 Å². The first-order valence-electron chi connectivity index (χ1n) is 11.7. The van der Waals surface area contributed by atoms with E-state index in [1.54, 1.807) is 32.0 Å². The van der Waals surface area contributed by atoms with Crippen molar-refractivity contribution in [2.24, 2.45) is 5.92 Å². The van der Waals surface area contributed by atoms with Crippen LogP contribution in [-0.2, 0) is 22.0 Å². The molecule has 7 nitrogen and oxygen atoms in total. The molecule has 1 unspecified atom stereocenters. The lowest BCUT2D eigenvalue weighted by atomic mass is 9.51. The average molecular weight is 539 g/mol. The lowest BCUT2D eigenvalue weighted by molar-refractivity contribution is -0.153. The molecule has 37 heavy (non-hydrogen) atoms. The maximum absolute atomic E-state index is 13.5. The van der Waals surface area contributed by atoms with Gasteiger partial charge in [-0.05, 0) is 53.8 Å². The van der Waals surface area contributed by atoms with Crippen LogP contribution < -0.4 is 5.32 Å². The topological polar surface area (TPSA) is 107 Å². The Labute approximate surface area is 216 Å². The molecule has 0 aromatic heterocycles. The molecule has 0 spiro atoms. The van der Waals surface area contributed by atoms with Gasteiger partial charge in [-0.3, -0.25) is 9.59 Å². The first-order chi connectivity index (χ1) is 17.1. The van der Waals surface area contributed by atoms with E-state index in [2.05, 4.69) is 5.32 Å². The maximum Gasteiger partial charge on any atom is 0.416 e. The highest BCUT2D eigenvalue weighted by Crippen LogP contribution is 2.59. The summed E-state index contributed by atoms with van der Waals surface area (Å²) in [5.41, 5.74) is -2.83. The molecule has 0 saturated carbocycles. The van der Waals surface area contributed by atoms with Crippen LogP contribution >= 0.6 is 11.6 Å². The van der Waals surface area contributed by atoms with E-state index in [9.17, 15) is 37.8 Å². The number of nitrogens with zero attached hydrogens (tertiary/aromatic N) is 1. The van der Waals surface area contributed by atoms with Gasteiger partial charge in [-0.2, -0.15) is 13.2 Å². The van der Waals surface area contributed by atoms with Gasteiger partial charge in [0.2, 0.25) is 5.91 Å². The second-order valence-electron chi connectivity index (χ2n) is 10.2. The summed E-state index contributed by atoms with van der Waals surface area (Å²) in [6.07, 6.45) is -4.60. The van der Waals surface area contributed by atoms with Gasteiger partial charge in [-0.1, -0.05) is 38.4 Å². The van der Waals surface area contributed by atoms with E-state index in [0.29, 0.717) is 17.2 Å². The number of hydrogen-bond acceptors (Lipinski definition) is 4. The lowest BCUT2D eigenvalue weighted by Crippen LogP contribution is -2.68. The summed E-state index contributed by atoms with van der Waals surface area (Å²) >= 11 is 6.15. The summed E-state index contributed by atoms with van der Waals surface area (Å²) in [4.78, 5) is 39.4. The third kappa shape index (κ3) is 4.46. The molecule has 1 aliphatic carbocycles. The zero-order valence-electron chi connectivity index (χ0n) is 20.3. The van der Waals surface area contributed by atoms with Crippen molar-refractivity contribution in [3.63, 3.8) is 0 Å². The Kier molecular flexibility index (Phi) is 6.57. The summed E-state index contributed by atoms with van der Waals surface area (Å²) in [7, 11) is 0. The van der Waals surface area contributed by atoms with Gasteiger partial charge in [-0.25, -0.2) is 4.79 Å². The van der Waals surface area contributed by atoms with E-state index in [-0.39, 0.29) is 19.5 Å². The number of aromatic carboxylic acids is 1. The predicted molar refractivity (Wildman–Crippen MR) is 128 cm³/mol. The monoisotopic (exact) mass is 538 g/mol. The molecule has 198 valence electrons. The van der Waals surface area contributed by atoms with Crippen LogP contribution in [-0.4, -0.2) is 52.0 Å². The summed E-state index contributed by atoms with van der Waals surface area (Å²) in [5, 5.41) is 23.5. The Bertz CT molecular complexity index is 1300. The largest absolute Gasteiger partial charge is 0.478 e. The summed E-state index contributed by atoms with van der Waals surface area (Å²) in [6, 6.07) is 5.98. The van der Waals surface area contributed by atoms with E-state index in [1.807, 2.05) is 6.92 Å². The van der Waals surface area contributed by atoms with Crippen LogP contribution in [0.4, 0.5) is 13.2 Å². The molecule has 1 aliphatic heterocycles. The minimum absolute atomic E-state index is 0.154. The molecular weight excluding hydrogens is 513 g/mol. The number of benzene rings is 2. The van der Waals surface area contributed by atoms with Gasteiger partial charge < -0.3 is 20.4 Å². The third-order valence-electron chi connectivity index (χ3n) is 7.49. The number of carbonyl (C=O) groups excluding carboxylic acids is 2. The number of nitrogens with one attached hydrogen (secondary N) is 1. The SMILES string of the molecule is CC(C)[C@@H](NC(=O)c1cc(C(=O)O)cc(C(F)(F)F)c1)C(=O)N1CC[C@]2(O)c3ccc(Cl)cc3C2(C)C1. The van der Waals surface area contributed by atoms with Gasteiger partial charge >= 0.3 is 12.1 Å². The van der Waals surface area contributed by atoms with Crippen LogP contribution in [0.25, 0.3) is 0 Å². The quantitative estimate of drug-likeness (QED) is 0.529. The van der Waals surface area contributed by atoms with Crippen molar-refractivity contribution in [1.29, 1.82) is 0 Å².